The molecule has 0 unspecified atom stereocenters. The Morgan fingerprint density at radius 2 is 1.87 bits per heavy atom. The molecule has 0 radical (unpaired) electrons. The van der Waals surface area contributed by atoms with E-state index in [1.54, 1.807) is 0 Å². The van der Waals surface area contributed by atoms with E-state index in [-0.39, 0.29) is 6.54 Å². The summed E-state index contributed by atoms with van der Waals surface area (Å²) in [6.07, 6.45) is 1.68. The Bertz CT molecular complexity index is 762. The Hall–Kier alpha value is -1.49. The molecule has 1 fully saturated rings. The van der Waals surface area contributed by atoms with Crippen molar-refractivity contribution in [2.45, 2.75) is 11.3 Å². The molecule has 0 bridgehead atoms. The van der Waals surface area contributed by atoms with Gasteiger partial charge in [0, 0.05) is 39.9 Å². The van der Waals surface area contributed by atoms with Crippen molar-refractivity contribution >= 4 is 10.0 Å². The summed E-state index contributed by atoms with van der Waals surface area (Å²) < 4.78 is 34.0. The highest BCUT2D eigenvalue weighted by molar-refractivity contribution is 7.89. The van der Waals surface area contributed by atoms with Gasteiger partial charge in [0.2, 0.25) is 10.0 Å². The minimum Gasteiger partial charge on any atom is -0.379 e. The monoisotopic (exact) mass is 346 g/mol. The largest absolute Gasteiger partial charge is 0.379 e. The van der Waals surface area contributed by atoms with E-state index in [2.05, 4.69) is 9.62 Å². The number of nitrogens with zero attached hydrogens (tertiary/aromatic N) is 3. The topological polar surface area (TPSA) is 103 Å². The van der Waals surface area contributed by atoms with Crippen LogP contribution in [0.5, 0.6) is 0 Å². The van der Waals surface area contributed by atoms with Crippen LogP contribution in [0.1, 0.15) is 6.42 Å². The smallest absolute Gasteiger partial charge is 0.330 e. The van der Waals surface area contributed by atoms with Gasteiger partial charge in [0.1, 0.15) is 0 Å². The third-order valence-corrected chi connectivity index (χ3v) is 5.19. The van der Waals surface area contributed by atoms with Gasteiger partial charge in [0.05, 0.1) is 13.2 Å². The fourth-order valence-electron chi connectivity index (χ4n) is 2.37. The van der Waals surface area contributed by atoms with Crippen molar-refractivity contribution in [3.63, 3.8) is 0 Å². The van der Waals surface area contributed by atoms with Crippen molar-refractivity contribution in [3.8, 4) is 0 Å². The fourth-order valence-corrected chi connectivity index (χ4v) is 3.60. The quantitative estimate of drug-likeness (QED) is 0.603. The van der Waals surface area contributed by atoms with Crippen LogP contribution in [-0.2, 0) is 28.9 Å². The molecule has 0 aliphatic carbocycles. The van der Waals surface area contributed by atoms with Crippen LogP contribution in [0.4, 0.5) is 0 Å². The molecule has 1 saturated heterocycles. The molecule has 1 aromatic rings. The second-order valence-electron chi connectivity index (χ2n) is 5.46. The predicted octanol–water partition coefficient (Wildman–Crippen LogP) is -1.92. The van der Waals surface area contributed by atoms with Gasteiger partial charge in [-0.1, -0.05) is 0 Å². The van der Waals surface area contributed by atoms with Gasteiger partial charge in [-0.25, -0.2) is 17.9 Å². The highest BCUT2D eigenvalue weighted by Crippen LogP contribution is 2.01. The van der Waals surface area contributed by atoms with E-state index in [9.17, 15) is 18.0 Å². The standard InChI is InChI=1S/C13H22N4O5S/c1-15-10-11(12(18)16(2)13(15)19)23(20,21)14-4-3-5-17-6-8-22-9-7-17/h10,14H,3-9H2,1-2H3. The Morgan fingerprint density at radius 3 is 2.52 bits per heavy atom. The number of morpholine rings is 1. The number of sulfonamides is 1. The Kier molecular flexibility index (Phi) is 5.74. The van der Waals surface area contributed by atoms with E-state index in [1.165, 1.54) is 14.1 Å². The van der Waals surface area contributed by atoms with Crippen molar-refractivity contribution in [2.24, 2.45) is 14.1 Å². The molecule has 2 rings (SSSR count). The molecule has 23 heavy (non-hydrogen) atoms. The van der Waals surface area contributed by atoms with Crippen LogP contribution in [0.15, 0.2) is 20.7 Å². The number of aryl methyl sites for hydroxylation is 1. The first-order valence-corrected chi connectivity index (χ1v) is 8.87. The molecule has 0 spiro atoms. The van der Waals surface area contributed by atoms with Gasteiger partial charge < -0.3 is 9.30 Å². The molecule has 9 nitrogen and oxygen atoms in total. The highest BCUT2D eigenvalue weighted by Gasteiger charge is 2.21. The van der Waals surface area contributed by atoms with Crippen molar-refractivity contribution < 1.29 is 13.2 Å². The average molecular weight is 346 g/mol. The number of hydrogen-bond donors (Lipinski definition) is 1. The number of nitrogens with one attached hydrogen (secondary N) is 1. The average Bonchev–Trinajstić information content (AvgIpc) is 2.54. The van der Waals surface area contributed by atoms with E-state index in [1.807, 2.05) is 0 Å². The minimum atomic E-state index is -3.94. The van der Waals surface area contributed by atoms with Crippen LogP contribution in [0, 0.1) is 0 Å². The zero-order chi connectivity index (χ0) is 17.0. The van der Waals surface area contributed by atoms with Crippen LogP contribution in [0.25, 0.3) is 0 Å². The highest BCUT2D eigenvalue weighted by atomic mass is 32.2. The predicted molar refractivity (Wildman–Crippen MR) is 84.0 cm³/mol. The van der Waals surface area contributed by atoms with Crippen molar-refractivity contribution in [2.75, 3.05) is 39.4 Å². The van der Waals surface area contributed by atoms with Gasteiger partial charge in [-0.15, -0.1) is 0 Å². The molecule has 1 N–H and O–H groups in total. The lowest BCUT2D eigenvalue weighted by atomic mass is 10.3. The minimum absolute atomic E-state index is 0.228. The molecule has 2 heterocycles. The van der Waals surface area contributed by atoms with Crippen molar-refractivity contribution in [1.82, 2.24) is 18.8 Å². The lowest BCUT2D eigenvalue weighted by Crippen LogP contribution is -2.42. The first kappa shape index (κ1) is 17.9. The summed E-state index contributed by atoms with van der Waals surface area (Å²) in [4.78, 5) is 25.4. The van der Waals surface area contributed by atoms with E-state index < -0.39 is 26.2 Å². The van der Waals surface area contributed by atoms with Gasteiger partial charge in [0.15, 0.2) is 4.90 Å². The summed E-state index contributed by atoms with van der Waals surface area (Å²) in [5, 5.41) is 0. The van der Waals surface area contributed by atoms with Crippen LogP contribution >= 0.6 is 0 Å². The summed E-state index contributed by atoms with van der Waals surface area (Å²) in [5.41, 5.74) is -1.39. The molecular weight excluding hydrogens is 324 g/mol. The lowest BCUT2D eigenvalue weighted by Gasteiger charge is -2.26. The van der Waals surface area contributed by atoms with Gasteiger partial charge in [-0.2, -0.15) is 0 Å². The van der Waals surface area contributed by atoms with Gasteiger partial charge in [0.25, 0.3) is 5.56 Å². The molecule has 0 saturated carbocycles. The second-order valence-corrected chi connectivity index (χ2v) is 7.19. The summed E-state index contributed by atoms with van der Waals surface area (Å²) in [6.45, 7) is 4.06. The normalized spacial score (nSPS) is 16.6. The second kappa shape index (κ2) is 7.39. The Balaban J connectivity index is 1.99. The van der Waals surface area contributed by atoms with Crippen LogP contribution in [0.3, 0.4) is 0 Å². The van der Waals surface area contributed by atoms with Gasteiger partial charge in [-0.3, -0.25) is 14.3 Å². The van der Waals surface area contributed by atoms with Crippen molar-refractivity contribution in [1.29, 1.82) is 0 Å². The van der Waals surface area contributed by atoms with E-state index in [0.717, 1.165) is 35.0 Å². The number of aromatic nitrogens is 2. The molecule has 0 atom stereocenters. The van der Waals surface area contributed by atoms with Crippen LogP contribution < -0.4 is 16.0 Å². The van der Waals surface area contributed by atoms with Gasteiger partial charge >= 0.3 is 5.69 Å². The molecule has 10 heteroatoms. The third kappa shape index (κ3) is 4.28. The van der Waals surface area contributed by atoms with Crippen LogP contribution in [-0.4, -0.2) is 61.8 Å². The molecule has 0 amide bonds. The molecule has 1 aliphatic rings. The van der Waals surface area contributed by atoms with E-state index in [4.69, 9.17) is 4.74 Å². The third-order valence-electron chi connectivity index (χ3n) is 3.75. The summed E-state index contributed by atoms with van der Waals surface area (Å²) in [6, 6.07) is 0. The van der Waals surface area contributed by atoms with Gasteiger partial charge in [-0.05, 0) is 13.0 Å². The summed E-state index contributed by atoms with van der Waals surface area (Å²) in [7, 11) is -1.29. The molecule has 130 valence electrons. The maximum atomic E-state index is 12.2. The Labute approximate surface area is 134 Å². The first-order chi connectivity index (χ1) is 10.8. The van der Waals surface area contributed by atoms with Crippen molar-refractivity contribution in [3.05, 3.63) is 27.0 Å². The van der Waals surface area contributed by atoms with E-state index >= 15 is 0 Å². The molecule has 1 aliphatic heterocycles. The number of rotatable bonds is 6. The summed E-state index contributed by atoms with van der Waals surface area (Å²) >= 11 is 0. The number of ether oxygens (including phenoxy) is 1. The zero-order valence-corrected chi connectivity index (χ0v) is 14.1. The van der Waals surface area contributed by atoms with Crippen LogP contribution in [0.2, 0.25) is 0 Å². The Morgan fingerprint density at radius 1 is 1.22 bits per heavy atom. The maximum absolute atomic E-state index is 12.2. The number of hydrogen-bond acceptors (Lipinski definition) is 6. The molecule has 0 aromatic carbocycles. The molecule has 1 aromatic heterocycles. The maximum Gasteiger partial charge on any atom is 0.330 e. The fraction of sp³-hybridized carbons (Fsp3) is 0.692. The van der Waals surface area contributed by atoms with E-state index in [0.29, 0.717) is 19.6 Å². The molecular formula is C13H22N4O5S. The lowest BCUT2D eigenvalue weighted by molar-refractivity contribution is 0.0376. The SMILES string of the molecule is Cn1cc(S(=O)(=O)NCCCN2CCOCC2)c(=O)n(C)c1=O. The summed E-state index contributed by atoms with van der Waals surface area (Å²) in [5.74, 6) is 0. The first-order valence-electron chi connectivity index (χ1n) is 7.39. The zero-order valence-electron chi connectivity index (χ0n) is 13.3.